The number of benzene rings is 4. The van der Waals surface area contributed by atoms with Crippen LogP contribution in [0.3, 0.4) is 0 Å². The first-order valence-corrected chi connectivity index (χ1v) is 21.2. The van der Waals surface area contributed by atoms with Crippen LogP contribution in [0.2, 0.25) is 5.02 Å². The van der Waals surface area contributed by atoms with Gasteiger partial charge in [0.2, 0.25) is 0 Å². The van der Waals surface area contributed by atoms with Crippen LogP contribution in [0.5, 0.6) is 5.75 Å². The van der Waals surface area contributed by atoms with Crippen LogP contribution in [0.4, 0.5) is 21.9 Å². The number of hydrogen-bond acceptors (Lipinski definition) is 11. The average Bonchev–Trinajstić information content (AvgIpc) is 4.02. The van der Waals surface area contributed by atoms with Crippen LogP contribution >= 0.6 is 11.6 Å². The van der Waals surface area contributed by atoms with Crippen molar-refractivity contribution in [3.63, 3.8) is 0 Å². The summed E-state index contributed by atoms with van der Waals surface area (Å²) in [5, 5.41) is 8.83. The predicted molar refractivity (Wildman–Crippen MR) is 236 cm³/mol. The van der Waals surface area contributed by atoms with Crippen molar-refractivity contribution < 1.29 is 42.2 Å². The molecule has 0 aliphatic heterocycles. The molecule has 15 heteroatoms. The number of nitrogens with zero attached hydrogens (tertiary/aromatic N) is 2. The van der Waals surface area contributed by atoms with E-state index in [4.69, 9.17) is 34.6 Å². The summed E-state index contributed by atoms with van der Waals surface area (Å²) in [6.45, 7) is 0. The zero-order valence-corrected chi connectivity index (χ0v) is 35.5. The molecule has 0 unspecified atom stereocenters. The number of nitrogens with one attached hydrogen (secondary N) is 3. The summed E-state index contributed by atoms with van der Waals surface area (Å²) in [6, 6.07) is 28.1. The molecular weight excluding hydrogens is 826 g/mol. The van der Waals surface area contributed by atoms with E-state index in [0.29, 0.717) is 95.2 Å². The van der Waals surface area contributed by atoms with Crippen molar-refractivity contribution in [3.8, 4) is 28.4 Å². The molecule has 3 N–H and O–H groups in total. The number of oxazole rings is 2. The number of urea groups is 1. The van der Waals surface area contributed by atoms with E-state index in [2.05, 4.69) is 25.9 Å². The van der Waals surface area contributed by atoms with E-state index < -0.39 is 23.4 Å². The van der Waals surface area contributed by atoms with Gasteiger partial charge in [0.05, 0.1) is 42.9 Å². The van der Waals surface area contributed by atoms with Crippen molar-refractivity contribution >= 4 is 52.5 Å². The lowest BCUT2D eigenvalue weighted by atomic mass is 9.70. The Labute approximate surface area is 368 Å². The SMILES string of the molecule is COC(=O)C1(C(=O)OC2CCC(c3ncc(-c4ccc(NC(=O)c5ccccc5Cl)cc4)o3)CC2)CCC(c2ncc(-c3ccc(NC(=O)Nc4ccccc4OC)cc3)o2)CC1. The maximum Gasteiger partial charge on any atom is 0.323 e. The molecule has 0 bridgehead atoms. The molecule has 14 nitrogen and oxygen atoms in total. The summed E-state index contributed by atoms with van der Waals surface area (Å²) in [5.74, 6) is 1.34. The van der Waals surface area contributed by atoms with Crippen LogP contribution in [0.25, 0.3) is 22.6 Å². The van der Waals surface area contributed by atoms with Gasteiger partial charge in [-0.3, -0.25) is 14.4 Å². The minimum atomic E-state index is -1.41. The largest absolute Gasteiger partial charge is 0.495 e. The van der Waals surface area contributed by atoms with Gasteiger partial charge in [0.25, 0.3) is 5.91 Å². The summed E-state index contributed by atoms with van der Waals surface area (Å²) in [5.41, 5.74) is 2.31. The van der Waals surface area contributed by atoms with Crippen LogP contribution in [-0.4, -0.2) is 54.2 Å². The summed E-state index contributed by atoms with van der Waals surface area (Å²) in [6.07, 6.45) is 7.02. The molecule has 0 spiro atoms. The first kappa shape index (κ1) is 42.7. The highest BCUT2D eigenvalue weighted by atomic mass is 35.5. The first-order valence-electron chi connectivity index (χ1n) is 20.8. The number of ether oxygens (including phenoxy) is 3. The minimum absolute atomic E-state index is 0.0460. The molecule has 2 aliphatic carbocycles. The van der Waals surface area contributed by atoms with Crippen LogP contribution < -0.4 is 20.7 Å². The number of carbonyl (C=O) groups is 4. The number of hydrogen-bond donors (Lipinski definition) is 3. The lowest BCUT2D eigenvalue weighted by molar-refractivity contribution is -0.178. The standard InChI is InChI=1S/C48H46ClN5O9/c1-59-39-10-6-5-9-38(39)54-47(58)53-34-19-13-30(14-20-34)41-28-51-44(63-41)32-23-25-48(26-24-32,45(56)60-2)46(57)61-35-21-15-31(16-22-35)43-50-27-40(62-43)29-11-17-33(18-12-29)52-42(55)36-7-3-4-8-37(36)49/h3-14,17-20,27-28,31-32,35H,15-16,21-26H2,1-2H3,(H,52,55)(H2,53,54,58). The average molecular weight is 872 g/mol. The fraction of sp³-hybridized carbons (Fsp3) is 0.292. The van der Waals surface area contributed by atoms with Gasteiger partial charge in [-0.05, 0) is 124 Å². The van der Waals surface area contributed by atoms with E-state index in [1.54, 1.807) is 79.1 Å². The Hall–Kier alpha value is -6.93. The molecule has 3 amide bonds. The normalized spacial score (nSPS) is 19.6. The number of rotatable bonds is 12. The van der Waals surface area contributed by atoms with Gasteiger partial charge >= 0.3 is 18.0 Å². The zero-order valence-electron chi connectivity index (χ0n) is 34.7. The Morgan fingerprint density at radius 3 is 1.79 bits per heavy atom. The molecule has 2 saturated carbocycles. The Morgan fingerprint density at radius 2 is 1.21 bits per heavy atom. The predicted octanol–water partition coefficient (Wildman–Crippen LogP) is 10.6. The Balaban J connectivity index is 0.816. The number of esters is 2. The van der Waals surface area contributed by atoms with Crippen LogP contribution in [0.15, 0.2) is 118 Å². The highest BCUT2D eigenvalue weighted by Crippen LogP contribution is 2.46. The molecule has 8 rings (SSSR count). The van der Waals surface area contributed by atoms with Gasteiger partial charge in [-0.2, -0.15) is 0 Å². The van der Waals surface area contributed by atoms with Gasteiger partial charge in [0.1, 0.15) is 11.9 Å². The lowest BCUT2D eigenvalue weighted by Crippen LogP contribution is -2.45. The second-order valence-corrected chi connectivity index (χ2v) is 16.1. The molecule has 0 radical (unpaired) electrons. The minimum Gasteiger partial charge on any atom is -0.495 e. The molecule has 4 aromatic carbocycles. The van der Waals surface area contributed by atoms with E-state index in [1.807, 2.05) is 30.3 Å². The quantitative estimate of drug-likeness (QED) is 0.0785. The van der Waals surface area contributed by atoms with E-state index in [1.165, 1.54) is 14.2 Å². The molecule has 0 atom stereocenters. The van der Waals surface area contributed by atoms with Crippen molar-refractivity contribution in [2.75, 3.05) is 30.2 Å². The van der Waals surface area contributed by atoms with Crippen molar-refractivity contribution in [2.45, 2.75) is 69.3 Å². The van der Waals surface area contributed by atoms with Gasteiger partial charge in [-0.25, -0.2) is 14.8 Å². The fourth-order valence-electron chi connectivity index (χ4n) is 8.27. The summed E-state index contributed by atoms with van der Waals surface area (Å²) in [7, 11) is 2.83. The van der Waals surface area contributed by atoms with Crippen molar-refractivity contribution in [2.24, 2.45) is 5.41 Å². The number of anilines is 3. The molecule has 2 aromatic heterocycles. The number of carbonyl (C=O) groups excluding carboxylic acids is 4. The summed E-state index contributed by atoms with van der Waals surface area (Å²) < 4.78 is 28.9. The number of para-hydroxylation sites is 2. The summed E-state index contributed by atoms with van der Waals surface area (Å²) >= 11 is 6.17. The third-order valence-electron chi connectivity index (χ3n) is 11.8. The topological polar surface area (TPSA) is 184 Å². The van der Waals surface area contributed by atoms with Crippen molar-refractivity contribution in [1.82, 2.24) is 9.97 Å². The Morgan fingerprint density at radius 1 is 0.651 bits per heavy atom. The number of aromatic nitrogens is 2. The lowest BCUT2D eigenvalue weighted by Gasteiger charge is -2.36. The number of halogens is 1. The Bertz CT molecular complexity index is 2570. The van der Waals surface area contributed by atoms with E-state index in [0.717, 1.165) is 11.1 Å². The monoisotopic (exact) mass is 871 g/mol. The number of methoxy groups -OCH3 is 2. The highest BCUT2D eigenvalue weighted by molar-refractivity contribution is 6.34. The number of amides is 3. The van der Waals surface area contributed by atoms with Crippen LogP contribution in [0.1, 0.15) is 85.3 Å². The zero-order chi connectivity index (χ0) is 43.9. The maximum atomic E-state index is 13.9. The highest BCUT2D eigenvalue weighted by Gasteiger charge is 2.52. The third-order valence-corrected chi connectivity index (χ3v) is 12.2. The fourth-order valence-corrected chi connectivity index (χ4v) is 8.49. The first-order chi connectivity index (χ1) is 30.6. The van der Waals surface area contributed by atoms with Crippen molar-refractivity contribution in [3.05, 3.63) is 132 Å². The maximum absolute atomic E-state index is 13.9. The van der Waals surface area contributed by atoms with Gasteiger partial charge in [-0.15, -0.1) is 0 Å². The molecule has 6 aromatic rings. The molecule has 324 valence electrons. The van der Waals surface area contributed by atoms with E-state index in [9.17, 15) is 19.2 Å². The van der Waals surface area contributed by atoms with Crippen molar-refractivity contribution in [1.29, 1.82) is 0 Å². The van der Waals surface area contributed by atoms with Gasteiger partial charge in [0.15, 0.2) is 28.7 Å². The Kier molecular flexibility index (Phi) is 12.9. The van der Waals surface area contributed by atoms with Gasteiger partial charge in [-0.1, -0.05) is 35.9 Å². The van der Waals surface area contributed by atoms with Crippen LogP contribution in [-0.2, 0) is 19.1 Å². The molecule has 2 fully saturated rings. The second-order valence-electron chi connectivity index (χ2n) is 15.7. The van der Waals surface area contributed by atoms with Gasteiger partial charge in [0, 0.05) is 34.3 Å². The van der Waals surface area contributed by atoms with E-state index >= 15 is 0 Å². The molecule has 0 saturated heterocycles. The smallest absolute Gasteiger partial charge is 0.323 e. The van der Waals surface area contributed by atoms with Gasteiger partial charge < -0.3 is 39.0 Å². The second kappa shape index (κ2) is 19.0. The van der Waals surface area contributed by atoms with Crippen LogP contribution in [0, 0.1) is 5.41 Å². The molecule has 2 aliphatic rings. The molecular formula is C48H46ClN5O9. The molecule has 63 heavy (non-hydrogen) atoms. The van der Waals surface area contributed by atoms with E-state index in [-0.39, 0.29) is 36.7 Å². The summed E-state index contributed by atoms with van der Waals surface area (Å²) in [4.78, 5) is 61.5. The molecule has 2 heterocycles. The third kappa shape index (κ3) is 9.61.